The van der Waals surface area contributed by atoms with Crippen LogP contribution in [0.2, 0.25) is 0 Å². The fraction of sp³-hybridized carbons (Fsp3) is 0.462. The molecule has 1 atom stereocenters. The van der Waals surface area contributed by atoms with Crippen LogP contribution >= 0.6 is 11.8 Å². The van der Waals surface area contributed by atoms with Gasteiger partial charge in [0, 0.05) is 12.2 Å². The van der Waals surface area contributed by atoms with Gasteiger partial charge in [-0.1, -0.05) is 6.92 Å². The lowest BCUT2D eigenvalue weighted by Crippen LogP contribution is -2.16. The monoisotopic (exact) mass is 307 g/mol. The maximum absolute atomic E-state index is 12.6. The van der Waals surface area contributed by atoms with Gasteiger partial charge in [-0.15, -0.1) is 0 Å². The molecule has 0 fully saturated rings. The highest BCUT2D eigenvalue weighted by atomic mass is 32.2. The number of halogens is 3. The van der Waals surface area contributed by atoms with Crippen LogP contribution in [0.4, 0.5) is 18.9 Å². The number of rotatable bonds is 6. The van der Waals surface area contributed by atoms with E-state index < -0.39 is 17.7 Å². The van der Waals surface area contributed by atoms with E-state index in [1.54, 1.807) is 11.8 Å². The maximum Gasteiger partial charge on any atom is 0.416 e. The van der Waals surface area contributed by atoms with Crippen LogP contribution in [0.15, 0.2) is 18.2 Å². The molecule has 1 rings (SSSR count). The molecule has 0 bridgehead atoms. The molecule has 0 aliphatic rings. The first-order valence-corrected chi connectivity index (χ1v) is 7.32. The number of alkyl halides is 3. The normalized spacial score (nSPS) is 13.1. The SMILES string of the molecule is CSCC(C)CNc1ccc(C(F)(F)F)cc1C(=O)O. The first-order chi connectivity index (χ1) is 9.25. The van der Waals surface area contributed by atoms with Gasteiger partial charge in [-0.2, -0.15) is 24.9 Å². The van der Waals surface area contributed by atoms with Gasteiger partial charge in [0.25, 0.3) is 0 Å². The minimum atomic E-state index is -4.55. The van der Waals surface area contributed by atoms with Gasteiger partial charge in [0.1, 0.15) is 0 Å². The lowest BCUT2D eigenvalue weighted by molar-refractivity contribution is -0.137. The summed E-state index contributed by atoms with van der Waals surface area (Å²) in [5, 5.41) is 11.9. The molecule has 20 heavy (non-hydrogen) atoms. The highest BCUT2D eigenvalue weighted by molar-refractivity contribution is 7.98. The molecule has 2 N–H and O–H groups in total. The fourth-order valence-electron chi connectivity index (χ4n) is 1.68. The summed E-state index contributed by atoms with van der Waals surface area (Å²) < 4.78 is 37.7. The van der Waals surface area contributed by atoms with Gasteiger partial charge in [-0.05, 0) is 36.1 Å². The third-order valence-corrected chi connectivity index (χ3v) is 3.57. The molecule has 1 aromatic rings. The summed E-state index contributed by atoms with van der Waals surface area (Å²) in [4.78, 5) is 11.1. The second-order valence-electron chi connectivity index (χ2n) is 4.50. The van der Waals surface area contributed by atoms with Gasteiger partial charge < -0.3 is 10.4 Å². The van der Waals surface area contributed by atoms with Crippen molar-refractivity contribution in [1.29, 1.82) is 0 Å². The molecule has 0 radical (unpaired) electrons. The standard InChI is InChI=1S/C13H16F3NO2S/c1-8(7-20-2)6-17-11-4-3-9(13(14,15)16)5-10(11)12(18)19/h3-5,8,17H,6-7H2,1-2H3,(H,18,19). The maximum atomic E-state index is 12.6. The van der Waals surface area contributed by atoms with E-state index in [0.29, 0.717) is 12.6 Å². The van der Waals surface area contributed by atoms with Crippen LogP contribution in [0, 0.1) is 5.92 Å². The molecule has 0 aliphatic carbocycles. The summed E-state index contributed by atoms with van der Waals surface area (Å²) in [5.41, 5.74) is -1.12. The van der Waals surface area contributed by atoms with Crippen molar-refractivity contribution in [3.63, 3.8) is 0 Å². The zero-order valence-electron chi connectivity index (χ0n) is 11.1. The number of carboxylic acid groups (broad SMARTS) is 1. The van der Waals surface area contributed by atoms with E-state index in [1.165, 1.54) is 0 Å². The third-order valence-electron chi connectivity index (χ3n) is 2.67. The first-order valence-electron chi connectivity index (χ1n) is 5.93. The molecule has 0 heterocycles. The average molecular weight is 307 g/mol. The number of hydrogen-bond acceptors (Lipinski definition) is 3. The zero-order valence-corrected chi connectivity index (χ0v) is 11.9. The van der Waals surface area contributed by atoms with E-state index in [4.69, 9.17) is 5.11 Å². The van der Waals surface area contributed by atoms with E-state index in [2.05, 4.69) is 5.32 Å². The number of benzene rings is 1. The summed E-state index contributed by atoms with van der Waals surface area (Å²) in [7, 11) is 0. The predicted octanol–water partition coefficient (Wildman–Crippen LogP) is 3.81. The molecule has 3 nitrogen and oxygen atoms in total. The topological polar surface area (TPSA) is 49.3 Å². The molecule has 1 unspecified atom stereocenters. The molecule has 7 heteroatoms. The Bertz CT molecular complexity index is 477. The van der Waals surface area contributed by atoms with Crippen molar-refractivity contribution in [2.75, 3.05) is 23.9 Å². The number of hydrogen-bond donors (Lipinski definition) is 2. The predicted molar refractivity (Wildman–Crippen MR) is 74.4 cm³/mol. The van der Waals surface area contributed by atoms with Gasteiger partial charge in [-0.25, -0.2) is 4.79 Å². The fourth-order valence-corrected chi connectivity index (χ4v) is 2.37. The van der Waals surface area contributed by atoms with Crippen molar-refractivity contribution in [1.82, 2.24) is 0 Å². The number of carbonyl (C=O) groups is 1. The summed E-state index contributed by atoms with van der Waals surface area (Å²) in [6.45, 7) is 2.49. The van der Waals surface area contributed by atoms with Gasteiger partial charge in [-0.3, -0.25) is 0 Å². The van der Waals surface area contributed by atoms with Crippen molar-refractivity contribution in [2.45, 2.75) is 13.1 Å². The Kier molecular flexibility index (Phi) is 5.74. The van der Waals surface area contributed by atoms with Gasteiger partial charge in [0.05, 0.1) is 11.1 Å². The second kappa shape index (κ2) is 6.88. The molecule has 0 saturated heterocycles. The van der Waals surface area contributed by atoms with Crippen LogP contribution in [0.1, 0.15) is 22.8 Å². The molecular formula is C13H16F3NO2S. The van der Waals surface area contributed by atoms with Crippen molar-refractivity contribution < 1.29 is 23.1 Å². The highest BCUT2D eigenvalue weighted by Gasteiger charge is 2.31. The quantitative estimate of drug-likeness (QED) is 0.839. The lowest BCUT2D eigenvalue weighted by atomic mass is 10.1. The number of aromatic carboxylic acids is 1. The van der Waals surface area contributed by atoms with Crippen molar-refractivity contribution in [3.05, 3.63) is 29.3 Å². The van der Waals surface area contributed by atoms with Crippen LogP contribution in [0.3, 0.4) is 0 Å². The van der Waals surface area contributed by atoms with Crippen LogP contribution in [0.5, 0.6) is 0 Å². The Morgan fingerprint density at radius 3 is 2.60 bits per heavy atom. The third kappa shape index (κ3) is 4.63. The number of anilines is 1. The minimum Gasteiger partial charge on any atom is -0.478 e. The molecule has 0 amide bonds. The Morgan fingerprint density at radius 2 is 2.10 bits per heavy atom. The molecular weight excluding hydrogens is 291 g/mol. The molecule has 0 spiro atoms. The van der Waals surface area contributed by atoms with Crippen molar-refractivity contribution >= 4 is 23.4 Å². The minimum absolute atomic E-state index is 0.207. The van der Waals surface area contributed by atoms with Gasteiger partial charge >= 0.3 is 12.1 Å². The van der Waals surface area contributed by atoms with E-state index >= 15 is 0 Å². The second-order valence-corrected chi connectivity index (χ2v) is 5.42. The lowest BCUT2D eigenvalue weighted by Gasteiger charge is -2.15. The largest absolute Gasteiger partial charge is 0.478 e. The smallest absolute Gasteiger partial charge is 0.416 e. The van der Waals surface area contributed by atoms with E-state index in [9.17, 15) is 18.0 Å². The molecule has 0 saturated carbocycles. The van der Waals surface area contributed by atoms with Crippen LogP contribution in [0.25, 0.3) is 0 Å². The Labute approximate surface area is 119 Å². The molecule has 0 aliphatic heterocycles. The van der Waals surface area contributed by atoms with Crippen LogP contribution < -0.4 is 5.32 Å². The first kappa shape index (κ1) is 16.7. The number of carboxylic acids is 1. The molecule has 1 aromatic carbocycles. The summed E-state index contributed by atoms with van der Waals surface area (Å²) in [6, 6.07) is 2.70. The summed E-state index contributed by atoms with van der Waals surface area (Å²) in [6.07, 6.45) is -2.59. The van der Waals surface area contributed by atoms with Crippen molar-refractivity contribution in [3.8, 4) is 0 Å². The van der Waals surface area contributed by atoms with Gasteiger partial charge in [0.2, 0.25) is 0 Å². The Morgan fingerprint density at radius 1 is 1.45 bits per heavy atom. The number of thioether (sulfide) groups is 1. The van der Waals surface area contributed by atoms with Crippen molar-refractivity contribution in [2.24, 2.45) is 5.92 Å². The average Bonchev–Trinajstić information content (AvgIpc) is 2.35. The summed E-state index contributed by atoms with van der Waals surface area (Å²) >= 11 is 1.66. The molecule has 112 valence electrons. The van der Waals surface area contributed by atoms with E-state index in [0.717, 1.165) is 17.9 Å². The van der Waals surface area contributed by atoms with Crippen LogP contribution in [-0.4, -0.2) is 29.6 Å². The van der Waals surface area contributed by atoms with E-state index in [1.807, 2.05) is 13.2 Å². The molecule has 0 aromatic heterocycles. The number of nitrogens with one attached hydrogen (secondary N) is 1. The van der Waals surface area contributed by atoms with Gasteiger partial charge in [0.15, 0.2) is 0 Å². The Balaban J connectivity index is 2.94. The Hall–Kier alpha value is -1.37. The zero-order chi connectivity index (χ0) is 15.3. The summed E-state index contributed by atoms with van der Waals surface area (Å²) in [5.74, 6) is -0.208. The van der Waals surface area contributed by atoms with E-state index in [-0.39, 0.29) is 17.2 Å². The van der Waals surface area contributed by atoms with Crippen LogP contribution in [-0.2, 0) is 6.18 Å². The highest BCUT2D eigenvalue weighted by Crippen LogP contribution is 2.32.